The summed E-state index contributed by atoms with van der Waals surface area (Å²) in [6.45, 7) is 1.04. The van der Waals surface area contributed by atoms with Gasteiger partial charge in [0.2, 0.25) is 5.91 Å². The van der Waals surface area contributed by atoms with Gasteiger partial charge in [0.15, 0.2) is 15.5 Å². The SMILES string of the molecule is CS(=O)(=O)c1ccccc1-c1cccc(-n2ncc3c(=O)n(CC4(O)CCN(C(=O)C5CC5)CC4)cnc32)c1. The number of carbonyl (C=O) groups is 1. The van der Waals surface area contributed by atoms with Crippen LogP contribution in [0, 0.1) is 5.92 Å². The van der Waals surface area contributed by atoms with Crippen LogP contribution in [0.3, 0.4) is 0 Å². The third-order valence-corrected chi connectivity index (χ3v) is 8.79. The summed E-state index contributed by atoms with van der Waals surface area (Å²) in [5.74, 6) is 0.325. The fraction of sp³-hybridized carbons (Fsp3) is 0.357. The summed E-state index contributed by atoms with van der Waals surface area (Å²) in [5.41, 5.74) is 0.848. The van der Waals surface area contributed by atoms with E-state index in [-0.39, 0.29) is 28.8 Å². The Kier molecular flexibility index (Phi) is 6.15. The maximum Gasteiger partial charge on any atom is 0.264 e. The molecule has 1 amide bonds. The van der Waals surface area contributed by atoms with Crippen molar-refractivity contribution in [3.8, 4) is 16.8 Å². The first-order valence-corrected chi connectivity index (χ1v) is 14.9. The Morgan fingerprint density at radius 2 is 1.85 bits per heavy atom. The molecule has 0 bridgehead atoms. The van der Waals surface area contributed by atoms with Crippen LogP contribution in [0.4, 0.5) is 0 Å². The molecule has 2 fully saturated rings. The zero-order valence-electron chi connectivity index (χ0n) is 21.5. The number of carbonyl (C=O) groups excluding carboxylic acids is 1. The second kappa shape index (κ2) is 9.42. The molecular weight excluding hydrogens is 518 g/mol. The minimum Gasteiger partial charge on any atom is -0.388 e. The van der Waals surface area contributed by atoms with Crippen LogP contribution < -0.4 is 5.56 Å². The van der Waals surface area contributed by atoms with Crippen LogP contribution >= 0.6 is 0 Å². The predicted octanol–water partition coefficient (Wildman–Crippen LogP) is 2.42. The van der Waals surface area contributed by atoms with Crippen molar-refractivity contribution in [2.24, 2.45) is 5.92 Å². The van der Waals surface area contributed by atoms with Crippen molar-refractivity contribution < 1.29 is 18.3 Å². The van der Waals surface area contributed by atoms with E-state index in [9.17, 15) is 23.1 Å². The summed E-state index contributed by atoms with van der Waals surface area (Å²) in [6.07, 6.45) is 6.76. The molecule has 2 aromatic heterocycles. The number of sulfone groups is 1. The molecule has 6 rings (SSSR count). The summed E-state index contributed by atoms with van der Waals surface area (Å²) >= 11 is 0. The van der Waals surface area contributed by atoms with Crippen molar-refractivity contribution >= 4 is 26.8 Å². The molecule has 3 heterocycles. The van der Waals surface area contributed by atoms with Crippen LogP contribution in [-0.2, 0) is 21.2 Å². The van der Waals surface area contributed by atoms with Crippen molar-refractivity contribution in [2.75, 3.05) is 19.3 Å². The second-order valence-corrected chi connectivity index (χ2v) is 12.6. The lowest BCUT2D eigenvalue weighted by Gasteiger charge is -2.38. The van der Waals surface area contributed by atoms with Crippen LogP contribution in [0.2, 0.25) is 0 Å². The number of likely N-dealkylation sites (tertiary alicyclic amines) is 1. The first-order valence-electron chi connectivity index (χ1n) is 13.0. The summed E-state index contributed by atoms with van der Waals surface area (Å²) < 4.78 is 27.6. The molecule has 2 aromatic carbocycles. The van der Waals surface area contributed by atoms with Gasteiger partial charge in [0.05, 0.1) is 28.9 Å². The van der Waals surface area contributed by atoms with Gasteiger partial charge in [-0.2, -0.15) is 5.10 Å². The van der Waals surface area contributed by atoms with Crippen molar-refractivity contribution in [3.05, 3.63) is 71.4 Å². The van der Waals surface area contributed by atoms with Crippen LogP contribution in [0.25, 0.3) is 27.8 Å². The molecule has 10 nitrogen and oxygen atoms in total. The second-order valence-electron chi connectivity index (χ2n) is 10.6. The minimum absolute atomic E-state index is 0.0865. The molecule has 1 N–H and O–H groups in total. The number of hydrogen-bond donors (Lipinski definition) is 1. The number of aliphatic hydroxyl groups is 1. The molecular formula is C28H29N5O5S. The van der Waals surface area contributed by atoms with E-state index in [1.54, 1.807) is 35.0 Å². The van der Waals surface area contributed by atoms with Gasteiger partial charge in [0.25, 0.3) is 5.56 Å². The number of nitrogens with zero attached hydrogens (tertiary/aromatic N) is 5. The van der Waals surface area contributed by atoms with Gasteiger partial charge >= 0.3 is 0 Å². The third kappa shape index (κ3) is 4.87. The molecule has 0 unspecified atom stereocenters. The molecule has 1 saturated carbocycles. The van der Waals surface area contributed by atoms with Crippen LogP contribution in [-0.4, -0.2) is 68.6 Å². The molecule has 2 aliphatic rings. The normalized spacial score (nSPS) is 17.4. The van der Waals surface area contributed by atoms with Crippen molar-refractivity contribution in [1.82, 2.24) is 24.2 Å². The van der Waals surface area contributed by atoms with Gasteiger partial charge in [0.1, 0.15) is 11.7 Å². The third-order valence-electron chi connectivity index (χ3n) is 7.64. The van der Waals surface area contributed by atoms with Crippen LogP contribution in [0.15, 0.2) is 70.7 Å². The number of amides is 1. The lowest BCUT2D eigenvalue weighted by Crippen LogP contribution is -2.50. The Morgan fingerprint density at radius 1 is 1.10 bits per heavy atom. The Morgan fingerprint density at radius 3 is 2.56 bits per heavy atom. The van der Waals surface area contributed by atoms with Gasteiger partial charge in [-0.05, 0) is 49.4 Å². The fourth-order valence-electron chi connectivity index (χ4n) is 5.29. The number of benzene rings is 2. The van der Waals surface area contributed by atoms with Crippen molar-refractivity contribution in [3.63, 3.8) is 0 Å². The lowest BCUT2D eigenvalue weighted by atomic mass is 9.91. The highest BCUT2D eigenvalue weighted by molar-refractivity contribution is 7.90. The predicted molar refractivity (Wildman–Crippen MR) is 145 cm³/mol. The molecule has 11 heteroatoms. The number of hydrogen-bond acceptors (Lipinski definition) is 7. The zero-order valence-corrected chi connectivity index (χ0v) is 22.3. The Balaban J connectivity index is 1.27. The van der Waals surface area contributed by atoms with E-state index in [1.807, 2.05) is 23.1 Å². The maximum atomic E-state index is 13.3. The Bertz CT molecular complexity index is 1750. The summed E-state index contributed by atoms with van der Waals surface area (Å²) in [6, 6.07) is 14.0. The lowest BCUT2D eigenvalue weighted by molar-refractivity contribution is -0.137. The van der Waals surface area contributed by atoms with Gasteiger partial charge in [-0.1, -0.05) is 30.3 Å². The molecule has 202 valence electrons. The molecule has 0 radical (unpaired) electrons. The standard InChI is InChI=1S/C28H29N5O5S/c1-39(37,38)24-8-3-2-7-22(24)20-5-4-6-21(15-20)33-25-23(16-30-33)27(35)32(18-29-25)17-28(36)11-13-31(14-12-28)26(34)19-9-10-19/h2-8,15-16,18-19,36H,9-14,17H2,1H3. The maximum absolute atomic E-state index is 13.3. The van der Waals surface area contributed by atoms with Gasteiger partial charge < -0.3 is 10.0 Å². The van der Waals surface area contributed by atoms with Crippen LogP contribution in [0.1, 0.15) is 25.7 Å². The number of fused-ring (bicyclic) bond motifs is 1. The molecule has 1 aliphatic carbocycles. The summed E-state index contributed by atoms with van der Waals surface area (Å²) in [4.78, 5) is 32.2. The summed E-state index contributed by atoms with van der Waals surface area (Å²) in [7, 11) is -3.44. The molecule has 4 aromatic rings. The van der Waals surface area contributed by atoms with E-state index in [0.717, 1.165) is 12.8 Å². The number of aromatic nitrogens is 4. The highest BCUT2D eigenvalue weighted by atomic mass is 32.2. The zero-order chi connectivity index (χ0) is 27.4. The largest absolute Gasteiger partial charge is 0.388 e. The van der Waals surface area contributed by atoms with Crippen molar-refractivity contribution in [2.45, 2.75) is 42.7 Å². The highest BCUT2D eigenvalue weighted by Crippen LogP contribution is 2.33. The molecule has 0 atom stereocenters. The molecule has 0 spiro atoms. The van der Waals surface area contributed by atoms with E-state index in [2.05, 4.69) is 10.1 Å². The van der Waals surface area contributed by atoms with Gasteiger partial charge in [-0.25, -0.2) is 18.1 Å². The monoisotopic (exact) mass is 547 g/mol. The van der Waals surface area contributed by atoms with E-state index in [4.69, 9.17) is 0 Å². The van der Waals surface area contributed by atoms with Crippen LogP contribution in [0.5, 0.6) is 0 Å². The molecule has 1 aliphatic heterocycles. The smallest absolute Gasteiger partial charge is 0.264 e. The first kappa shape index (κ1) is 25.4. The minimum atomic E-state index is -3.44. The quantitative estimate of drug-likeness (QED) is 0.393. The number of piperidine rings is 1. The van der Waals surface area contributed by atoms with E-state index in [0.29, 0.717) is 53.8 Å². The first-order chi connectivity index (χ1) is 18.6. The Hall–Kier alpha value is -3.83. The van der Waals surface area contributed by atoms with Gasteiger partial charge in [0, 0.05) is 30.8 Å². The van der Waals surface area contributed by atoms with Crippen molar-refractivity contribution in [1.29, 1.82) is 0 Å². The average molecular weight is 548 g/mol. The fourth-order valence-corrected chi connectivity index (χ4v) is 6.20. The van der Waals surface area contributed by atoms with Gasteiger partial charge in [-0.15, -0.1) is 0 Å². The Labute approximate surface area is 225 Å². The van der Waals surface area contributed by atoms with Gasteiger partial charge in [-0.3, -0.25) is 14.2 Å². The van der Waals surface area contributed by atoms with E-state index < -0.39 is 15.4 Å². The topological polar surface area (TPSA) is 127 Å². The highest BCUT2D eigenvalue weighted by Gasteiger charge is 2.39. The summed E-state index contributed by atoms with van der Waals surface area (Å²) in [5, 5.41) is 15.9. The molecule has 1 saturated heterocycles. The average Bonchev–Trinajstić information content (AvgIpc) is 3.68. The van der Waals surface area contributed by atoms with E-state index in [1.165, 1.54) is 23.3 Å². The van der Waals surface area contributed by atoms with E-state index >= 15 is 0 Å². The number of rotatable bonds is 6. The molecule has 39 heavy (non-hydrogen) atoms.